The van der Waals surface area contributed by atoms with E-state index in [1.807, 2.05) is 12.1 Å². The Labute approximate surface area is 142 Å². The van der Waals surface area contributed by atoms with E-state index in [0.717, 1.165) is 29.5 Å². The second-order valence-corrected chi connectivity index (χ2v) is 6.21. The van der Waals surface area contributed by atoms with Crippen molar-refractivity contribution in [2.45, 2.75) is 19.9 Å². The number of aromatic nitrogens is 1. The Hall–Kier alpha value is -0.810. The first-order valence-electron chi connectivity index (χ1n) is 6.58. The fraction of sp³-hybridized carbons (Fsp3) is 0.267. The van der Waals surface area contributed by atoms with Gasteiger partial charge in [0.2, 0.25) is 5.88 Å². The van der Waals surface area contributed by atoms with E-state index in [4.69, 9.17) is 27.9 Å². The average Bonchev–Trinajstić information content (AvgIpc) is 2.46. The maximum absolute atomic E-state index is 6.21. The average molecular weight is 390 g/mol. The minimum Gasteiger partial charge on any atom is -0.436 e. The van der Waals surface area contributed by atoms with Gasteiger partial charge in [-0.05, 0) is 42.8 Å². The Kier molecular flexibility index (Phi) is 6.30. The molecule has 0 fully saturated rings. The van der Waals surface area contributed by atoms with E-state index in [-0.39, 0.29) is 0 Å². The topological polar surface area (TPSA) is 34.2 Å². The van der Waals surface area contributed by atoms with Gasteiger partial charge in [0.1, 0.15) is 10.8 Å². The molecule has 1 heterocycles. The van der Waals surface area contributed by atoms with Gasteiger partial charge in [0.15, 0.2) is 0 Å². The Morgan fingerprint density at radius 2 is 2.05 bits per heavy atom. The van der Waals surface area contributed by atoms with E-state index < -0.39 is 0 Å². The number of hydrogen-bond donors (Lipinski definition) is 1. The molecule has 0 aliphatic rings. The summed E-state index contributed by atoms with van der Waals surface area (Å²) in [6.45, 7) is 3.82. The molecule has 0 radical (unpaired) electrons. The van der Waals surface area contributed by atoms with Crippen molar-refractivity contribution in [1.29, 1.82) is 0 Å². The predicted octanol–water partition coefficient (Wildman–Crippen LogP) is 5.44. The molecule has 0 bridgehead atoms. The zero-order valence-corrected chi connectivity index (χ0v) is 14.6. The molecule has 0 spiro atoms. The third kappa shape index (κ3) is 4.85. The Balaban J connectivity index is 2.12. The first-order valence-corrected chi connectivity index (χ1v) is 8.13. The lowest BCUT2D eigenvalue weighted by molar-refractivity contribution is 0.462. The van der Waals surface area contributed by atoms with Crippen molar-refractivity contribution in [2.24, 2.45) is 0 Å². The van der Waals surface area contributed by atoms with E-state index in [1.54, 1.807) is 18.3 Å². The lowest BCUT2D eigenvalue weighted by Gasteiger charge is -2.10. The van der Waals surface area contributed by atoms with Crippen molar-refractivity contribution >= 4 is 39.1 Å². The lowest BCUT2D eigenvalue weighted by atomic mass is 10.3. The van der Waals surface area contributed by atoms with E-state index in [0.29, 0.717) is 21.7 Å². The van der Waals surface area contributed by atoms with Crippen LogP contribution in [0.15, 0.2) is 34.9 Å². The van der Waals surface area contributed by atoms with Gasteiger partial charge in [0.25, 0.3) is 0 Å². The van der Waals surface area contributed by atoms with Gasteiger partial charge in [0, 0.05) is 17.2 Å². The second-order valence-electron chi connectivity index (χ2n) is 4.48. The predicted molar refractivity (Wildman–Crippen MR) is 90.5 cm³/mol. The molecule has 1 N–H and O–H groups in total. The smallest absolute Gasteiger partial charge is 0.238 e. The van der Waals surface area contributed by atoms with Gasteiger partial charge in [-0.2, -0.15) is 0 Å². The van der Waals surface area contributed by atoms with E-state index >= 15 is 0 Å². The monoisotopic (exact) mass is 388 g/mol. The van der Waals surface area contributed by atoms with Crippen molar-refractivity contribution in [3.05, 3.63) is 50.5 Å². The molecule has 0 unspecified atom stereocenters. The molecule has 0 amide bonds. The van der Waals surface area contributed by atoms with Crippen molar-refractivity contribution in [2.75, 3.05) is 6.54 Å². The molecule has 21 heavy (non-hydrogen) atoms. The van der Waals surface area contributed by atoms with Crippen molar-refractivity contribution in [3.8, 4) is 11.6 Å². The van der Waals surface area contributed by atoms with Gasteiger partial charge in [-0.15, -0.1) is 0 Å². The highest BCUT2D eigenvalue weighted by Gasteiger charge is 2.09. The number of ether oxygens (including phenoxy) is 1. The van der Waals surface area contributed by atoms with Gasteiger partial charge in [0.05, 0.1) is 5.02 Å². The zero-order valence-electron chi connectivity index (χ0n) is 11.5. The van der Waals surface area contributed by atoms with Crippen molar-refractivity contribution < 1.29 is 4.74 Å². The van der Waals surface area contributed by atoms with Crippen LogP contribution in [-0.4, -0.2) is 11.5 Å². The fourth-order valence-corrected chi connectivity index (χ4v) is 2.43. The summed E-state index contributed by atoms with van der Waals surface area (Å²) in [6.07, 6.45) is 2.83. The Morgan fingerprint density at radius 1 is 1.24 bits per heavy atom. The highest BCUT2D eigenvalue weighted by molar-refractivity contribution is 9.10. The number of benzene rings is 1. The summed E-state index contributed by atoms with van der Waals surface area (Å²) in [6, 6.07) is 7.21. The fourth-order valence-electron chi connectivity index (χ4n) is 1.71. The van der Waals surface area contributed by atoms with Crippen LogP contribution in [0.4, 0.5) is 0 Å². The SMILES string of the molecule is CCCNCc1cnc(Oc2cc(Br)ccc2Cl)c(Cl)c1. The lowest BCUT2D eigenvalue weighted by Crippen LogP contribution is -2.13. The largest absolute Gasteiger partial charge is 0.436 e. The normalized spacial score (nSPS) is 10.7. The van der Waals surface area contributed by atoms with Crippen molar-refractivity contribution in [3.63, 3.8) is 0 Å². The third-order valence-electron chi connectivity index (χ3n) is 2.72. The summed E-state index contributed by atoms with van der Waals surface area (Å²) in [5.41, 5.74) is 1.01. The Morgan fingerprint density at radius 3 is 2.76 bits per heavy atom. The van der Waals surface area contributed by atoms with Crippen LogP contribution in [0.1, 0.15) is 18.9 Å². The highest BCUT2D eigenvalue weighted by Crippen LogP contribution is 2.34. The van der Waals surface area contributed by atoms with Gasteiger partial charge in [-0.25, -0.2) is 4.98 Å². The molecule has 0 aliphatic carbocycles. The molecular weight excluding hydrogens is 375 g/mol. The minimum atomic E-state index is 0.343. The summed E-state index contributed by atoms with van der Waals surface area (Å²) in [5.74, 6) is 0.855. The molecule has 1 aromatic heterocycles. The number of nitrogens with one attached hydrogen (secondary N) is 1. The summed E-state index contributed by atoms with van der Waals surface area (Å²) in [4.78, 5) is 4.25. The number of pyridine rings is 1. The van der Waals surface area contributed by atoms with Gasteiger partial charge in [-0.3, -0.25) is 0 Å². The summed E-state index contributed by atoms with van der Waals surface area (Å²) >= 11 is 15.7. The second kappa shape index (κ2) is 7.99. The van der Waals surface area contributed by atoms with Crippen LogP contribution in [0.25, 0.3) is 0 Å². The molecule has 112 valence electrons. The maximum atomic E-state index is 6.21. The molecule has 6 heteroatoms. The standard InChI is InChI=1S/C15H15BrCl2N2O/c1-2-5-19-8-10-6-13(18)15(20-9-10)21-14-7-11(16)3-4-12(14)17/h3-4,6-7,9,19H,2,5,8H2,1H3. The Bertz CT molecular complexity index is 623. The molecule has 1 aromatic carbocycles. The molecule has 2 aromatic rings. The molecule has 0 aliphatic heterocycles. The molecule has 0 saturated carbocycles. The molecular formula is C15H15BrCl2N2O. The van der Waals surface area contributed by atoms with Crippen LogP contribution in [-0.2, 0) is 6.54 Å². The number of halogens is 3. The molecule has 0 atom stereocenters. The summed E-state index contributed by atoms with van der Waals surface area (Å²) < 4.78 is 6.55. The zero-order chi connectivity index (χ0) is 15.2. The number of rotatable bonds is 6. The van der Waals surface area contributed by atoms with Crippen LogP contribution in [0.3, 0.4) is 0 Å². The summed E-state index contributed by atoms with van der Waals surface area (Å²) in [5, 5.41) is 4.26. The molecule has 2 rings (SSSR count). The van der Waals surface area contributed by atoms with E-state index in [9.17, 15) is 0 Å². The number of hydrogen-bond acceptors (Lipinski definition) is 3. The van der Waals surface area contributed by atoms with Crippen molar-refractivity contribution in [1.82, 2.24) is 10.3 Å². The highest BCUT2D eigenvalue weighted by atomic mass is 79.9. The molecule has 0 saturated heterocycles. The first-order chi connectivity index (χ1) is 10.1. The van der Waals surface area contributed by atoms with Crippen LogP contribution in [0.5, 0.6) is 11.6 Å². The van der Waals surface area contributed by atoms with Crippen LogP contribution in [0.2, 0.25) is 10.0 Å². The molecule has 3 nitrogen and oxygen atoms in total. The van der Waals surface area contributed by atoms with Crippen LogP contribution < -0.4 is 10.1 Å². The number of nitrogens with zero attached hydrogens (tertiary/aromatic N) is 1. The van der Waals surface area contributed by atoms with Gasteiger partial charge < -0.3 is 10.1 Å². The van der Waals surface area contributed by atoms with Crippen LogP contribution >= 0.6 is 39.1 Å². The third-order valence-corrected chi connectivity index (χ3v) is 3.80. The first kappa shape index (κ1) is 16.6. The summed E-state index contributed by atoms with van der Waals surface area (Å²) in [7, 11) is 0. The van der Waals surface area contributed by atoms with Crippen LogP contribution in [0, 0.1) is 0 Å². The van der Waals surface area contributed by atoms with Gasteiger partial charge >= 0.3 is 0 Å². The van der Waals surface area contributed by atoms with E-state index in [2.05, 4.69) is 33.2 Å². The van der Waals surface area contributed by atoms with Gasteiger partial charge in [-0.1, -0.05) is 46.1 Å². The van der Waals surface area contributed by atoms with E-state index in [1.165, 1.54) is 0 Å². The quantitative estimate of drug-likeness (QED) is 0.667. The minimum absolute atomic E-state index is 0.343. The maximum Gasteiger partial charge on any atom is 0.238 e.